The average Bonchev–Trinajstić information content (AvgIpc) is 3.19. The van der Waals surface area contributed by atoms with Crippen LogP contribution < -0.4 is 0 Å². The van der Waals surface area contributed by atoms with E-state index in [9.17, 15) is 0 Å². The largest absolute Gasteiger partial charge is 0.0652 e. The zero-order valence-electron chi connectivity index (χ0n) is 16.4. The minimum absolute atomic E-state index is 0.527. The standard InChI is InChI=1S/C27H26/c1-17-12-13-18(2)27-20(19(3)16-26(17)27)14-15-25-23-10-6-4-8-21(23)22-9-5-7-11-24(22)25/h4-13,16,20,25H,14-15H2,1-3H3. The molecule has 0 amide bonds. The highest BCUT2D eigenvalue weighted by atomic mass is 14.3. The minimum atomic E-state index is 0.527. The van der Waals surface area contributed by atoms with Crippen LogP contribution in [0, 0.1) is 13.8 Å². The summed E-state index contributed by atoms with van der Waals surface area (Å²) in [6.45, 7) is 6.84. The zero-order valence-corrected chi connectivity index (χ0v) is 16.4. The van der Waals surface area contributed by atoms with E-state index >= 15 is 0 Å². The molecule has 0 bridgehead atoms. The van der Waals surface area contributed by atoms with Gasteiger partial charge < -0.3 is 0 Å². The van der Waals surface area contributed by atoms with Gasteiger partial charge in [-0.2, -0.15) is 0 Å². The van der Waals surface area contributed by atoms with Crippen LogP contribution in [0.2, 0.25) is 0 Å². The SMILES string of the molecule is CC1=Cc2c(C)ccc(C)c2C1CCC1c2ccccc2-c2ccccc21. The summed E-state index contributed by atoms with van der Waals surface area (Å²) in [6, 6.07) is 22.5. The topological polar surface area (TPSA) is 0 Å². The molecule has 0 saturated carbocycles. The maximum Gasteiger partial charge on any atom is 0.0102 e. The van der Waals surface area contributed by atoms with Crippen LogP contribution in [0.4, 0.5) is 0 Å². The summed E-state index contributed by atoms with van der Waals surface area (Å²) in [5, 5.41) is 0. The summed E-state index contributed by atoms with van der Waals surface area (Å²) in [4.78, 5) is 0. The van der Waals surface area contributed by atoms with Gasteiger partial charge in [-0.15, -0.1) is 0 Å². The van der Waals surface area contributed by atoms with Gasteiger partial charge in [0.2, 0.25) is 0 Å². The molecule has 1 unspecified atom stereocenters. The number of benzene rings is 3. The molecule has 0 saturated heterocycles. The first kappa shape index (κ1) is 16.6. The maximum absolute atomic E-state index is 2.43. The summed E-state index contributed by atoms with van der Waals surface area (Å²) in [5.41, 5.74) is 13.3. The van der Waals surface area contributed by atoms with Crippen LogP contribution in [-0.4, -0.2) is 0 Å². The van der Waals surface area contributed by atoms with Crippen LogP contribution >= 0.6 is 0 Å². The van der Waals surface area contributed by atoms with E-state index in [1.807, 2.05) is 0 Å². The highest BCUT2D eigenvalue weighted by Crippen LogP contribution is 2.49. The Labute approximate surface area is 162 Å². The molecule has 2 aliphatic carbocycles. The Kier molecular flexibility index (Phi) is 3.82. The zero-order chi connectivity index (χ0) is 18.5. The Balaban J connectivity index is 1.49. The molecule has 134 valence electrons. The van der Waals surface area contributed by atoms with Crippen molar-refractivity contribution in [1.82, 2.24) is 0 Å². The van der Waals surface area contributed by atoms with Crippen LogP contribution in [0.5, 0.6) is 0 Å². The summed E-state index contributed by atoms with van der Waals surface area (Å²) in [6.07, 6.45) is 4.85. The van der Waals surface area contributed by atoms with E-state index < -0.39 is 0 Å². The lowest BCUT2D eigenvalue weighted by Crippen LogP contribution is -2.05. The first-order valence-electron chi connectivity index (χ1n) is 10.1. The fraction of sp³-hybridized carbons (Fsp3) is 0.259. The molecule has 0 spiro atoms. The first-order valence-corrected chi connectivity index (χ1v) is 10.1. The van der Waals surface area contributed by atoms with Crippen LogP contribution in [0.15, 0.2) is 66.2 Å². The van der Waals surface area contributed by atoms with E-state index in [0.29, 0.717) is 11.8 Å². The fourth-order valence-corrected chi connectivity index (χ4v) is 5.34. The van der Waals surface area contributed by atoms with Crippen molar-refractivity contribution in [1.29, 1.82) is 0 Å². The van der Waals surface area contributed by atoms with E-state index in [2.05, 4.69) is 87.5 Å². The number of fused-ring (bicyclic) bond motifs is 4. The molecule has 2 aliphatic rings. The Bertz CT molecular complexity index is 1020. The molecule has 0 radical (unpaired) electrons. The van der Waals surface area contributed by atoms with Crippen molar-refractivity contribution < 1.29 is 0 Å². The molecule has 3 aromatic carbocycles. The summed E-state index contributed by atoms with van der Waals surface area (Å²) >= 11 is 0. The lowest BCUT2D eigenvalue weighted by atomic mass is 9.83. The van der Waals surface area contributed by atoms with Crippen molar-refractivity contribution in [2.24, 2.45) is 0 Å². The van der Waals surface area contributed by atoms with Crippen LogP contribution in [0.3, 0.4) is 0 Å². The van der Waals surface area contributed by atoms with Crippen molar-refractivity contribution >= 4 is 6.08 Å². The van der Waals surface area contributed by atoms with E-state index in [1.54, 1.807) is 5.56 Å². The van der Waals surface area contributed by atoms with Gasteiger partial charge in [0.25, 0.3) is 0 Å². The third kappa shape index (κ3) is 2.51. The molecule has 1 atom stereocenters. The highest BCUT2D eigenvalue weighted by Gasteiger charge is 2.31. The second-order valence-corrected chi connectivity index (χ2v) is 8.27. The molecule has 0 heteroatoms. The quantitative estimate of drug-likeness (QED) is 0.462. The molecule has 0 aromatic heterocycles. The summed E-state index contributed by atoms with van der Waals surface area (Å²) < 4.78 is 0. The smallest absolute Gasteiger partial charge is 0.0102 e. The molecular formula is C27H26. The van der Waals surface area contributed by atoms with Crippen molar-refractivity contribution in [3.05, 3.63) is 99.6 Å². The molecule has 27 heavy (non-hydrogen) atoms. The summed E-state index contributed by atoms with van der Waals surface area (Å²) in [5.74, 6) is 1.10. The lowest BCUT2D eigenvalue weighted by Gasteiger charge is -2.21. The predicted molar refractivity (Wildman–Crippen MR) is 115 cm³/mol. The van der Waals surface area contributed by atoms with Crippen molar-refractivity contribution in [2.45, 2.75) is 45.4 Å². The van der Waals surface area contributed by atoms with Crippen molar-refractivity contribution in [2.75, 3.05) is 0 Å². The van der Waals surface area contributed by atoms with Gasteiger partial charge in [-0.1, -0.05) is 72.3 Å². The molecule has 5 rings (SSSR count). The van der Waals surface area contributed by atoms with Crippen LogP contribution in [0.1, 0.15) is 65.0 Å². The molecule has 0 aliphatic heterocycles. The van der Waals surface area contributed by atoms with Crippen molar-refractivity contribution in [3.8, 4) is 11.1 Å². The molecular weight excluding hydrogens is 324 g/mol. The van der Waals surface area contributed by atoms with E-state index in [1.165, 1.54) is 57.4 Å². The third-order valence-corrected chi connectivity index (χ3v) is 6.70. The van der Waals surface area contributed by atoms with Crippen LogP contribution in [-0.2, 0) is 0 Å². The van der Waals surface area contributed by atoms with Gasteiger partial charge in [-0.3, -0.25) is 0 Å². The fourth-order valence-electron chi connectivity index (χ4n) is 5.34. The predicted octanol–water partition coefficient (Wildman–Crippen LogP) is 7.40. The molecule has 0 fully saturated rings. The van der Waals surface area contributed by atoms with Gasteiger partial charge in [0.05, 0.1) is 0 Å². The van der Waals surface area contributed by atoms with E-state index in [-0.39, 0.29) is 0 Å². The molecule has 0 nitrogen and oxygen atoms in total. The number of aryl methyl sites for hydroxylation is 2. The number of hydrogen-bond acceptors (Lipinski definition) is 0. The minimum Gasteiger partial charge on any atom is -0.0652 e. The average molecular weight is 351 g/mol. The summed E-state index contributed by atoms with van der Waals surface area (Å²) in [7, 11) is 0. The Morgan fingerprint density at radius 1 is 0.630 bits per heavy atom. The van der Waals surface area contributed by atoms with E-state index in [4.69, 9.17) is 0 Å². The second kappa shape index (κ2) is 6.23. The number of hydrogen-bond donors (Lipinski definition) is 0. The first-order chi connectivity index (χ1) is 13.1. The van der Waals surface area contributed by atoms with Crippen molar-refractivity contribution in [3.63, 3.8) is 0 Å². The van der Waals surface area contributed by atoms with Gasteiger partial charge in [-0.25, -0.2) is 0 Å². The second-order valence-electron chi connectivity index (χ2n) is 8.27. The normalized spacial score (nSPS) is 17.4. The Morgan fingerprint density at radius 3 is 1.85 bits per heavy atom. The van der Waals surface area contributed by atoms with Gasteiger partial charge in [0, 0.05) is 11.8 Å². The lowest BCUT2D eigenvalue weighted by molar-refractivity contribution is 0.616. The van der Waals surface area contributed by atoms with Gasteiger partial charge >= 0.3 is 0 Å². The highest BCUT2D eigenvalue weighted by molar-refractivity contribution is 5.78. The Morgan fingerprint density at radius 2 is 1.19 bits per heavy atom. The molecule has 0 heterocycles. The van der Waals surface area contributed by atoms with Crippen LogP contribution in [0.25, 0.3) is 17.2 Å². The number of allylic oxidation sites excluding steroid dienone is 1. The monoisotopic (exact) mass is 350 g/mol. The van der Waals surface area contributed by atoms with Gasteiger partial charge in [0.15, 0.2) is 0 Å². The van der Waals surface area contributed by atoms with E-state index in [0.717, 1.165) is 0 Å². The number of rotatable bonds is 3. The molecule has 3 aromatic rings. The third-order valence-electron chi connectivity index (χ3n) is 6.70. The van der Waals surface area contributed by atoms with Gasteiger partial charge in [0.1, 0.15) is 0 Å². The maximum atomic E-state index is 2.43. The molecule has 0 N–H and O–H groups in total. The Hall–Kier alpha value is -2.60. The van der Waals surface area contributed by atoms with Gasteiger partial charge in [-0.05, 0) is 78.1 Å².